The molecule has 5 nitrogen and oxygen atoms in total. The fourth-order valence-electron chi connectivity index (χ4n) is 1.68. The molecule has 5 heteroatoms. The predicted molar refractivity (Wildman–Crippen MR) is 72.8 cm³/mol. The Morgan fingerprint density at radius 1 is 1.21 bits per heavy atom. The van der Waals surface area contributed by atoms with Gasteiger partial charge in [0.2, 0.25) is 0 Å². The lowest BCUT2D eigenvalue weighted by Gasteiger charge is -2.05. The predicted octanol–water partition coefficient (Wildman–Crippen LogP) is 3.35. The summed E-state index contributed by atoms with van der Waals surface area (Å²) in [5.74, 6) is 1.57. The van der Waals surface area contributed by atoms with Crippen LogP contribution < -0.4 is 5.32 Å². The molecule has 0 atom stereocenters. The number of nitrogens with zero attached hydrogens (tertiary/aromatic N) is 1. The summed E-state index contributed by atoms with van der Waals surface area (Å²) in [6.07, 6.45) is 0. The Labute approximate surface area is 111 Å². The summed E-state index contributed by atoms with van der Waals surface area (Å²) in [5.41, 5.74) is 0.915. The number of nitro groups is 1. The van der Waals surface area contributed by atoms with Gasteiger partial charge in [0.1, 0.15) is 11.5 Å². The highest BCUT2D eigenvalue weighted by Gasteiger charge is 2.08. The molecule has 1 N–H and O–H groups in total. The molecule has 0 amide bonds. The molecule has 0 aliphatic heterocycles. The number of benzene rings is 1. The summed E-state index contributed by atoms with van der Waals surface area (Å²) < 4.78 is 5.69. The maximum absolute atomic E-state index is 10.6. The van der Waals surface area contributed by atoms with Gasteiger partial charge in [-0.1, -0.05) is 13.8 Å². The summed E-state index contributed by atoms with van der Waals surface area (Å²) in [6.45, 7) is 4.81. The topological polar surface area (TPSA) is 68.3 Å². The van der Waals surface area contributed by atoms with Gasteiger partial charge in [0.05, 0.1) is 11.5 Å². The maximum Gasteiger partial charge on any atom is 0.269 e. The Bertz CT molecular complexity index is 558. The Morgan fingerprint density at radius 2 is 1.89 bits per heavy atom. The van der Waals surface area contributed by atoms with Gasteiger partial charge in [0.25, 0.3) is 5.69 Å². The van der Waals surface area contributed by atoms with Gasteiger partial charge in [-0.3, -0.25) is 10.1 Å². The van der Waals surface area contributed by atoms with Gasteiger partial charge in [-0.25, -0.2) is 0 Å². The van der Waals surface area contributed by atoms with Crippen LogP contribution in [0.3, 0.4) is 0 Å². The second-order valence-corrected chi connectivity index (χ2v) is 4.61. The molecule has 1 aromatic carbocycles. The van der Waals surface area contributed by atoms with Crippen LogP contribution in [0.5, 0.6) is 0 Å². The van der Waals surface area contributed by atoms with Gasteiger partial charge in [0, 0.05) is 23.7 Å². The monoisotopic (exact) mass is 260 g/mol. The Kier molecular flexibility index (Phi) is 3.97. The van der Waals surface area contributed by atoms with Crippen LogP contribution in [0.4, 0.5) is 5.69 Å². The van der Waals surface area contributed by atoms with Crippen molar-refractivity contribution in [1.29, 1.82) is 0 Å². The maximum atomic E-state index is 10.6. The van der Waals surface area contributed by atoms with Crippen LogP contribution in [0.25, 0.3) is 11.3 Å². The summed E-state index contributed by atoms with van der Waals surface area (Å²) in [6, 6.07) is 10.5. The van der Waals surface area contributed by atoms with Crippen molar-refractivity contribution in [2.75, 3.05) is 0 Å². The van der Waals surface area contributed by atoms with Crippen molar-refractivity contribution in [2.45, 2.75) is 26.4 Å². The molecule has 1 heterocycles. The third-order valence-corrected chi connectivity index (χ3v) is 2.71. The number of furan rings is 1. The van der Waals surface area contributed by atoms with Crippen molar-refractivity contribution in [3.8, 4) is 11.3 Å². The molecule has 0 fully saturated rings. The average molecular weight is 260 g/mol. The third-order valence-electron chi connectivity index (χ3n) is 2.71. The molecule has 2 aromatic rings. The SMILES string of the molecule is CC(C)NCc1ccc(-c2ccc([N+](=O)[O-])cc2)o1. The Balaban J connectivity index is 2.11. The van der Waals surface area contributed by atoms with Crippen molar-refractivity contribution >= 4 is 5.69 Å². The molecule has 0 aliphatic carbocycles. The van der Waals surface area contributed by atoms with E-state index in [0.717, 1.165) is 17.1 Å². The molecule has 0 saturated carbocycles. The van der Waals surface area contributed by atoms with Crippen molar-refractivity contribution in [2.24, 2.45) is 0 Å². The van der Waals surface area contributed by atoms with E-state index in [-0.39, 0.29) is 5.69 Å². The van der Waals surface area contributed by atoms with Crippen LogP contribution >= 0.6 is 0 Å². The van der Waals surface area contributed by atoms with Crippen LogP contribution in [-0.4, -0.2) is 11.0 Å². The molecule has 2 rings (SSSR count). The van der Waals surface area contributed by atoms with E-state index in [1.54, 1.807) is 12.1 Å². The number of nitro benzene ring substituents is 1. The molecular formula is C14H16N2O3. The summed E-state index contributed by atoms with van der Waals surface area (Å²) in [4.78, 5) is 10.2. The van der Waals surface area contributed by atoms with E-state index in [9.17, 15) is 10.1 Å². The standard InChI is InChI=1S/C14H16N2O3/c1-10(2)15-9-13-7-8-14(19-13)11-3-5-12(6-4-11)16(17)18/h3-8,10,15H,9H2,1-2H3. The first-order valence-corrected chi connectivity index (χ1v) is 6.13. The third kappa shape index (κ3) is 3.42. The van der Waals surface area contributed by atoms with Crippen molar-refractivity contribution in [1.82, 2.24) is 5.32 Å². The van der Waals surface area contributed by atoms with Crippen molar-refractivity contribution in [3.05, 3.63) is 52.3 Å². The summed E-state index contributed by atoms with van der Waals surface area (Å²) >= 11 is 0. The highest BCUT2D eigenvalue weighted by Crippen LogP contribution is 2.24. The van der Waals surface area contributed by atoms with Crippen LogP contribution in [0.2, 0.25) is 0 Å². The highest BCUT2D eigenvalue weighted by molar-refractivity contribution is 5.59. The molecule has 0 unspecified atom stereocenters. The van der Waals surface area contributed by atoms with E-state index in [1.165, 1.54) is 12.1 Å². The van der Waals surface area contributed by atoms with E-state index in [1.807, 2.05) is 12.1 Å². The van der Waals surface area contributed by atoms with Crippen LogP contribution in [-0.2, 0) is 6.54 Å². The fourth-order valence-corrected chi connectivity index (χ4v) is 1.68. The zero-order valence-electron chi connectivity index (χ0n) is 10.9. The van der Waals surface area contributed by atoms with Gasteiger partial charge in [0.15, 0.2) is 0 Å². The first-order valence-electron chi connectivity index (χ1n) is 6.13. The molecule has 0 aliphatic rings. The summed E-state index contributed by atoms with van der Waals surface area (Å²) in [5, 5.41) is 13.8. The van der Waals surface area contributed by atoms with Gasteiger partial charge in [-0.05, 0) is 24.3 Å². The number of hydrogen-bond acceptors (Lipinski definition) is 4. The van der Waals surface area contributed by atoms with E-state index >= 15 is 0 Å². The van der Waals surface area contributed by atoms with Crippen LogP contribution in [0.1, 0.15) is 19.6 Å². The van der Waals surface area contributed by atoms with Crippen LogP contribution in [0.15, 0.2) is 40.8 Å². The first kappa shape index (κ1) is 13.3. The molecule has 0 saturated heterocycles. The van der Waals surface area contributed by atoms with Crippen molar-refractivity contribution < 1.29 is 9.34 Å². The molecule has 0 bridgehead atoms. The lowest BCUT2D eigenvalue weighted by Crippen LogP contribution is -2.21. The van der Waals surface area contributed by atoms with E-state index in [2.05, 4.69) is 19.2 Å². The zero-order valence-corrected chi connectivity index (χ0v) is 10.9. The Hall–Kier alpha value is -2.14. The lowest BCUT2D eigenvalue weighted by molar-refractivity contribution is -0.384. The van der Waals surface area contributed by atoms with E-state index < -0.39 is 4.92 Å². The molecular weight excluding hydrogens is 244 g/mol. The molecule has 100 valence electrons. The molecule has 19 heavy (non-hydrogen) atoms. The first-order chi connectivity index (χ1) is 9.06. The second-order valence-electron chi connectivity index (χ2n) is 4.61. The number of hydrogen-bond donors (Lipinski definition) is 1. The minimum atomic E-state index is -0.413. The highest BCUT2D eigenvalue weighted by atomic mass is 16.6. The van der Waals surface area contributed by atoms with Crippen LogP contribution in [0, 0.1) is 10.1 Å². The Morgan fingerprint density at radius 3 is 2.47 bits per heavy atom. The number of nitrogens with one attached hydrogen (secondary N) is 1. The minimum absolute atomic E-state index is 0.0806. The molecule has 0 spiro atoms. The summed E-state index contributed by atoms with van der Waals surface area (Å²) in [7, 11) is 0. The molecule has 0 radical (unpaired) electrons. The van der Waals surface area contributed by atoms with Gasteiger partial charge in [-0.2, -0.15) is 0 Å². The van der Waals surface area contributed by atoms with Gasteiger partial charge < -0.3 is 9.73 Å². The van der Waals surface area contributed by atoms with Crippen molar-refractivity contribution in [3.63, 3.8) is 0 Å². The average Bonchev–Trinajstić information content (AvgIpc) is 2.85. The second kappa shape index (κ2) is 5.67. The lowest BCUT2D eigenvalue weighted by atomic mass is 10.1. The number of non-ortho nitro benzene ring substituents is 1. The van der Waals surface area contributed by atoms with Gasteiger partial charge >= 0.3 is 0 Å². The fraction of sp³-hybridized carbons (Fsp3) is 0.286. The van der Waals surface area contributed by atoms with Gasteiger partial charge in [-0.15, -0.1) is 0 Å². The number of rotatable bonds is 5. The molecule has 1 aromatic heterocycles. The largest absolute Gasteiger partial charge is 0.460 e. The van der Waals surface area contributed by atoms with E-state index in [4.69, 9.17) is 4.42 Å². The smallest absolute Gasteiger partial charge is 0.269 e. The minimum Gasteiger partial charge on any atom is -0.460 e. The normalized spacial score (nSPS) is 10.9. The zero-order chi connectivity index (χ0) is 13.8. The van der Waals surface area contributed by atoms with E-state index in [0.29, 0.717) is 12.6 Å². The quantitative estimate of drug-likeness (QED) is 0.661.